The normalized spacial score (nSPS) is 15.2. The molecule has 0 atom stereocenters. The molecule has 1 saturated carbocycles. The standard InChI is InChI=1S/C17H23NO2/c1-11(2)9-18-10-16-17(12-4-5-12)14-7-6-13(19-3)8-15(14)20-16/h6-8,11-12,18H,4-5,9-10H2,1-3H3. The highest BCUT2D eigenvalue weighted by Crippen LogP contribution is 2.46. The zero-order valence-corrected chi connectivity index (χ0v) is 12.5. The molecule has 3 rings (SSSR count). The summed E-state index contributed by atoms with van der Waals surface area (Å²) in [4.78, 5) is 0. The fourth-order valence-corrected chi connectivity index (χ4v) is 2.70. The first-order valence-electron chi connectivity index (χ1n) is 7.49. The molecule has 2 aromatic rings. The first kappa shape index (κ1) is 13.5. The van der Waals surface area contributed by atoms with Gasteiger partial charge >= 0.3 is 0 Å². The Hall–Kier alpha value is -1.48. The molecule has 0 bridgehead atoms. The fraction of sp³-hybridized carbons (Fsp3) is 0.529. The van der Waals surface area contributed by atoms with Gasteiger partial charge in [-0.15, -0.1) is 0 Å². The molecule has 1 aliphatic rings. The first-order chi connectivity index (χ1) is 9.69. The molecule has 0 radical (unpaired) electrons. The second kappa shape index (κ2) is 5.49. The number of ether oxygens (including phenoxy) is 1. The van der Waals surface area contributed by atoms with Crippen LogP contribution in [-0.2, 0) is 6.54 Å². The van der Waals surface area contributed by atoms with Crippen LogP contribution in [0.1, 0.15) is 43.9 Å². The van der Waals surface area contributed by atoms with E-state index in [1.807, 2.05) is 12.1 Å². The summed E-state index contributed by atoms with van der Waals surface area (Å²) in [6.07, 6.45) is 2.58. The van der Waals surface area contributed by atoms with Crippen LogP contribution in [0, 0.1) is 5.92 Å². The van der Waals surface area contributed by atoms with E-state index in [1.54, 1.807) is 7.11 Å². The number of hydrogen-bond donors (Lipinski definition) is 1. The third-order valence-corrected chi connectivity index (χ3v) is 3.84. The van der Waals surface area contributed by atoms with Crippen molar-refractivity contribution in [2.75, 3.05) is 13.7 Å². The van der Waals surface area contributed by atoms with E-state index in [0.29, 0.717) is 11.8 Å². The lowest BCUT2D eigenvalue weighted by atomic mass is 10.1. The van der Waals surface area contributed by atoms with Gasteiger partial charge in [0.05, 0.1) is 13.7 Å². The highest BCUT2D eigenvalue weighted by Gasteiger charge is 2.30. The van der Waals surface area contributed by atoms with Crippen molar-refractivity contribution in [3.63, 3.8) is 0 Å². The molecule has 1 aromatic carbocycles. The largest absolute Gasteiger partial charge is 0.497 e. The molecule has 1 heterocycles. The van der Waals surface area contributed by atoms with Crippen LogP contribution in [0.15, 0.2) is 22.6 Å². The van der Waals surface area contributed by atoms with Gasteiger partial charge in [0.25, 0.3) is 0 Å². The van der Waals surface area contributed by atoms with Crippen LogP contribution in [0.5, 0.6) is 5.75 Å². The van der Waals surface area contributed by atoms with Gasteiger partial charge in [0.1, 0.15) is 17.1 Å². The van der Waals surface area contributed by atoms with E-state index in [1.165, 1.54) is 23.8 Å². The molecule has 1 N–H and O–H groups in total. The third kappa shape index (κ3) is 2.68. The van der Waals surface area contributed by atoms with E-state index in [2.05, 4.69) is 25.2 Å². The van der Waals surface area contributed by atoms with Crippen LogP contribution in [0.2, 0.25) is 0 Å². The number of hydrogen-bond acceptors (Lipinski definition) is 3. The summed E-state index contributed by atoms with van der Waals surface area (Å²) in [5, 5.41) is 4.75. The number of furan rings is 1. The maximum absolute atomic E-state index is 6.08. The molecule has 0 spiro atoms. The maximum Gasteiger partial charge on any atom is 0.138 e. The average Bonchev–Trinajstić information content (AvgIpc) is 3.19. The molecule has 0 amide bonds. The number of nitrogens with one attached hydrogen (secondary N) is 1. The zero-order valence-electron chi connectivity index (χ0n) is 12.5. The lowest BCUT2D eigenvalue weighted by Crippen LogP contribution is -2.19. The molecule has 3 heteroatoms. The lowest BCUT2D eigenvalue weighted by molar-refractivity contribution is 0.414. The quantitative estimate of drug-likeness (QED) is 0.861. The minimum atomic E-state index is 0.656. The number of rotatable bonds is 6. The van der Waals surface area contributed by atoms with Crippen molar-refractivity contribution in [2.24, 2.45) is 5.92 Å². The molecule has 108 valence electrons. The Morgan fingerprint density at radius 1 is 1.35 bits per heavy atom. The van der Waals surface area contributed by atoms with Gasteiger partial charge in [-0.05, 0) is 43.4 Å². The van der Waals surface area contributed by atoms with E-state index in [0.717, 1.165) is 30.2 Å². The van der Waals surface area contributed by atoms with Crippen LogP contribution in [0.3, 0.4) is 0 Å². The summed E-state index contributed by atoms with van der Waals surface area (Å²) in [6.45, 7) is 6.28. The van der Waals surface area contributed by atoms with Crippen molar-refractivity contribution in [1.29, 1.82) is 0 Å². The topological polar surface area (TPSA) is 34.4 Å². The van der Waals surface area contributed by atoms with Gasteiger partial charge in [-0.3, -0.25) is 0 Å². The highest BCUT2D eigenvalue weighted by atomic mass is 16.5. The lowest BCUT2D eigenvalue weighted by Gasteiger charge is -2.06. The SMILES string of the molecule is COc1ccc2c(C3CC3)c(CNCC(C)C)oc2c1. The van der Waals surface area contributed by atoms with E-state index in [4.69, 9.17) is 9.15 Å². The van der Waals surface area contributed by atoms with Crippen LogP contribution in [0.25, 0.3) is 11.0 Å². The molecule has 20 heavy (non-hydrogen) atoms. The van der Waals surface area contributed by atoms with Crippen molar-refractivity contribution in [1.82, 2.24) is 5.32 Å². The van der Waals surface area contributed by atoms with Crippen molar-refractivity contribution in [3.8, 4) is 5.75 Å². The summed E-state index contributed by atoms with van der Waals surface area (Å²) in [7, 11) is 1.69. The van der Waals surface area contributed by atoms with Crippen LogP contribution in [0.4, 0.5) is 0 Å². The van der Waals surface area contributed by atoms with Crippen molar-refractivity contribution < 1.29 is 9.15 Å². The Kier molecular flexibility index (Phi) is 3.70. The monoisotopic (exact) mass is 273 g/mol. The highest BCUT2D eigenvalue weighted by molar-refractivity contribution is 5.84. The molecule has 0 unspecified atom stereocenters. The predicted octanol–water partition coefficient (Wildman–Crippen LogP) is 4.06. The Balaban J connectivity index is 1.91. The molecular weight excluding hydrogens is 250 g/mol. The summed E-state index contributed by atoms with van der Waals surface area (Å²) < 4.78 is 11.4. The van der Waals surface area contributed by atoms with E-state index >= 15 is 0 Å². The fourth-order valence-electron chi connectivity index (χ4n) is 2.70. The number of benzene rings is 1. The van der Waals surface area contributed by atoms with Gasteiger partial charge in [-0.1, -0.05) is 13.8 Å². The van der Waals surface area contributed by atoms with E-state index in [9.17, 15) is 0 Å². The van der Waals surface area contributed by atoms with Crippen LogP contribution >= 0.6 is 0 Å². The van der Waals surface area contributed by atoms with Crippen molar-refractivity contribution in [2.45, 2.75) is 39.2 Å². The molecular formula is C17H23NO2. The Morgan fingerprint density at radius 2 is 2.15 bits per heavy atom. The van der Waals surface area contributed by atoms with Crippen LogP contribution in [-0.4, -0.2) is 13.7 Å². The minimum Gasteiger partial charge on any atom is -0.497 e. The molecule has 0 aliphatic heterocycles. The average molecular weight is 273 g/mol. The van der Waals surface area contributed by atoms with Gasteiger partial charge in [0, 0.05) is 17.0 Å². The van der Waals surface area contributed by atoms with E-state index < -0.39 is 0 Å². The summed E-state index contributed by atoms with van der Waals surface area (Å²) >= 11 is 0. The Morgan fingerprint density at radius 3 is 2.80 bits per heavy atom. The minimum absolute atomic E-state index is 0.656. The maximum atomic E-state index is 6.08. The molecule has 1 aliphatic carbocycles. The summed E-state index contributed by atoms with van der Waals surface area (Å²) in [5.74, 6) is 3.32. The van der Waals surface area contributed by atoms with Gasteiger partial charge < -0.3 is 14.5 Å². The van der Waals surface area contributed by atoms with E-state index in [-0.39, 0.29) is 0 Å². The van der Waals surface area contributed by atoms with Gasteiger partial charge in [0.15, 0.2) is 0 Å². The molecule has 1 aromatic heterocycles. The van der Waals surface area contributed by atoms with Crippen molar-refractivity contribution in [3.05, 3.63) is 29.5 Å². The second-order valence-electron chi connectivity index (χ2n) is 6.10. The summed E-state index contributed by atoms with van der Waals surface area (Å²) in [5.41, 5.74) is 2.37. The Labute approximate surface area is 120 Å². The zero-order chi connectivity index (χ0) is 14.1. The number of methoxy groups -OCH3 is 1. The first-order valence-corrected chi connectivity index (χ1v) is 7.49. The van der Waals surface area contributed by atoms with Gasteiger partial charge in [-0.2, -0.15) is 0 Å². The molecule has 0 saturated heterocycles. The third-order valence-electron chi connectivity index (χ3n) is 3.84. The molecule has 1 fully saturated rings. The van der Waals surface area contributed by atoms with Gasteiger partial charge in [-0.25, -0.2) is 0 Å². The Bertz CT molecular complexity index is 596. The second-order valence-corrected chi connectivity index (χ2v) is 6.10. The smallest absolute Gasteiger partial charge is 0.138 e. The van der Waals surface area contributed by atoms with Crippen LogP contribution < -0.4 is 10.1 Å². The number of fused-ring (bicyclic) bond motifs is 1. The summed E-state index contributed by atoms with van der Waals surface area (Å²) in [6, 6.07) is 6.15. The predicted molar refractivity (Wildman–Crippen MR) is 81.3 cm³/mol. The molecule has 3 nitrogen and oxygen atoms in total. The van der Waals surface area contributed by atoms with Crippen molar-refractivity contribution >= 4 is 11.0 Å². The van der Waals surface area contributed by atoms with Gasteiger partial charge in [0.2, 0.25) is 0 Å².